The number of nitrogens with one attached hydrogen (secondary N) is 1. The number of hydrogen-bond donors (Lipinski definition) is 5. The molecule has 0 aromatic heterocycles. The Balaban J connectivity index is 3.79. The molecule has 0 saturated heterocycles. The highest BCUT2D eigenvalue weighted by Gasteiger charge is 2.28. The number of rotatable bonds is 34. The van der Waals surface area contributed by atoms with Crippen molar-refractivity contribution in [1.29, 1.82) is 0 Å². The Kier molecular flexibility index (Phi) is 33.2. The van der Waals surface area contributed by atoms with Gasteiger partial charge in [-0.1, -0.05) is 167 Å². The molecule has 0 aliphatic heterocycles. The van der Waals surface area contributed by atoms with Crippen molar-refractivity contribution in [2.24, 2.45) is 0 Å². The highest BCUT2D eigenvalue weighted by Crippen LogP contribution is 2.15. The van der Waals surface area contributed by atoms with E-state index in [0.29, 0.717) is 19.3 Å². The molecule has 0 fully saturated rings. The smallest absolute Gasteiger partial charge is 0.249 e. The van der Waals surface area contributed by atoms with Crippen molar-refractivity contribution in [3.8, 4) is 0 Å². The lowest BCUT2D eigenvalue weighted by molar-refractivity contribution is -0.132. The van der Waals surface area contributed by atoms with Crippen molar-refractivity contribution in [2.75, 3.05) is 6.61 Å². The van der Waals surface area contributed by atoms with E-state index in [-0.39, 0.29) is 0 Å². The maximum Gasteiger partial charge on any atom is 0.249 e. The molecule has 45 heavy (non-hydrogen) atoms. The zero-order chi connectivity index (χ0) is 33.2. The second-order valence-electron chi connectivity index (χ2n) is 13.3. The second-order valence-corrected chi connectivity index (χ2v) is 13.3. The summed E-state index contributed by atoms with van der Waals surface area (Å²) < 4.78 is 0. The zero-order valence-electron chi connectivity index (χ0n) is 29.6. The third-order valence-electron chi connectivity index (χ3n) is 8.89. The van der Waals surface area contributed by atoms with Gasteiger partial charge in [-0.15, -0.1) is 0 Å². The van der Waals surface area contributed by atoms with Crippen LogP contribution in [0.2, 0.25) is 0 Å². The van der Waals surface area contributed by atoms with Gasteiger partial charge >= 0.3 is 0 Å². The van der Waals surface area contributed by atoms with Gasteiger partial charge in [0.2, 0.25) is 5.91 Å². The van der Waals surface area contributed by atoms with Gasteiger partial charge in [0.25, 0.3) is 0 Å². The number of unbranched alkanes of at least 4 members (excludes halogenated alkanes) is 21. The molecule has 0 rings (SSSR count). The van der Waals surface area contributed by atoms with Gasteiger partial charge in [-0.2, -0.15) is 0 Å². The Morgan fingerprint density at radius 3 is 1.38 bits per heavy atom. The van der Waals surface area contributed by atoms with E-state index in [9.17, 15) is 25.2 Å². The fourth-order valence-electron chi connectivity index (χ4n) is 5.76. The summed E-state index contributed by atoms with van der Waals surface area (Å²) in [5.41, 5.74) is 0. The van der Waals surface area contributed by atoms with Gasteiger partial charge in [0.15, 0.2) is 0 Å². The summed E-state index contributed by atoms with van der Waals surface area (Å²) in [6, 6.07) is -1.00. The molecule has 0 spiro atoms. The van der Waals surface area contributed by atoms with Crippen LogP contribution in [0, 0.1) is 0 Å². The molecule has 0 aliphatic rings. The van der Waals surface area contributed by atoms with E-state index in [1.165, 1.54) is 109 Å². The van der Waals surface area contributed by atoms with E-state index in [0.717, 1.165) is 44.9 Å². The molecule has 6 heteroatoms. The minimum atomic E-state index is -1.28. The quantitative estimate of drug-likeness (QED) is 0.0357. The number of carbonyl (C=O) groups is 1. The van der Waals surface area contributed by atoms with Crippen LogP contribution in [-0.2, 0) is 4.79 Å². The lowest BCUT2D eigenvalue weighted by Crippen LogP contribution is -2.53. The first-order chi connectivity index (χ1) is 22.0. The average Bonchev–Trinajstić information content (AvgIpc) is 3.04. The van der Waals surface area contributed by atoms with Crippen molar-refractivity contribution >= 4 is 5.91 Å². The van der Waals surface area contributed by atoms with Crippen molar-refractivity contribution < 1.29 is 25.2 Å². The van der Waals surface area contributed by atoms with E-state index in [1.807, 2.05) is 0 Å². The second kappa shape index (κ2) is 34.1. The molecule has 0 aromatic carbocycles. The largest absolute Gasteiger partial charge is 0.394 e. The van der Waals surface area contributed by atoms with Crippen LogP contribution in [0.5, 0.6) is 0 Å². The summed E-state index contributed by atoms with van der Waals surface area (Å²) >= 11 is 0. The predicted molar refractivity (Wildman–Crippen MR) is 191 cm³/mol. The van der Waals surface area contributed by atoms with Gasteiger partial charge in [-0.05, 0) is 44.9 Å². The van der Waals surface area contributed by atoms with E-state index in [2.05, 4.69) is 43.5 Å². The Morgan fingerprint density at radius 1 is 0.533 bits per heavy atom. The van der Waals surface area contributed by atoms with Crippen molar-refractivity contribution in [1.82, 2.24) is 5.32 Å². The molecule has 4 unspecified atom stereocenters. The lowest BCUT2D eigenvalue weighted by Gasteiger charge is -2.27. The zero-order valence-corrected chi connectivity index (χ0v) is 29.6. The van der Waals surface area contributed by atoms with Crippen LogP contribution < -0.4 is 5.32 Å². The number of hydrogen-bond acceptors (Lipinski definition) is 5. The minimum Gasteiger partial charge on any atom is -0.394 e. The minimum absolute atomic E-state index is 0.363. The molecule has 0 aromatic rings. The van der Waals surface area contributed by atoms with E-state index in [1.54, 1.807) is 0 Å². The summed E-state index contributed by atoms with van der Waals surface area (Å²) in [5, 5.41) is 43.4. The van der Waals surface area contributed by atoms with Crippen LogP contribution in [-0.4, -0.2) is 57.3 Å². The lowest BCUT2D eigenvalue weighted by atomic mass is 10.00. The third kappa shape index (κ3) is 28.7. The topological polar surface area (TPSA) is 110 Å². The number of carbonyl (C=O) groups excluding carboxylic acids is 1. The first-order valence-corrected chi connectivity index (χ1v) is 19.2. The number of allylic oxidation sites excluding steroid dienone is 4. The Bertz CT molecular complexity index is 682. The molecule has 6 nitrogen and oxygen atoms in total. The first kappa shape index (κ1) is 43.8. The fraction of sp³-hybridized carbons (Fsp3) is 0.872. The Labute approximate surface area is 278 Å². The monoisotopic (exact) mass is 638 g/mol. The van der Waals surface area contributed by atoms with Crippen LogP contribution in [0.4, 0.5) is 0 Å². The molecular weight excluding hydrogens is 562 g/mol. The van der Waals surface area contributed by atoms with Crippen molar-refractivity contribution in [3.05, 3.63) is 24.3 Å². The Morgan fingerprint density at radius 2 is 0.933 bits per heavy atom. The van der Waals surface area contributed by atoms with Crippen LogP contribution in [0.1, 0.15) is 187 Å². The fourth-order valence-corrected chi connectivity index (χ4v) is 5.76. The number of amides is 1. The van der Waals surface area contributed by atoms with E-state index >= 15 is 0 Å². The summed E-state index contributed by atoms with van der Waals surface area (Å²) in [6.45, 7) is 3.97. The maximum absolute atomic E-state index is 12.4. The highest BCUT2D eigenvalue weighted by molar-refractivity contribution is 5.80. The van der Waals surface area contributed by atoms with Crippen molar-refractivity contribution in [2.45, 2.75) is 212 Å². The molecule has 5 N–H and O–H groups in total. The molecule has 4 atom stereocenters. The van der Waals surface area contributed by atoms with Crippen LogP contribution in [0.25, 0.3) is 0 Å². The number of aliphatic hydroxyl groups is 4. The standard InChI is InChI=1S/C39H75NO5/c1-3-5-7-9-11-13-15-16-17-18-19-20-21-23-25-27-29-31-33-37(43)39(45)40-35(34-41)38(44)36(42)32-30-28-26-24-22-14-12-10-8-6-4-2/h10,12,24,26,35-38,41-44H,3-9,11,13-23,25,27-34H2,1-2H3,(H,40,45)/b12-10+,26-24+. The molecule has 0 radical (unpaired) electrons. The van der Waals surface area contributed by atoms with E-state index in [4.69, 9.17) is 0 Å². The van der Waals surface area contributed by atoms with Crippen molar-refractivity contribution in [3.63, 3.8) is 0 Å². The summed E-state index contributed by atoms with van der Waals surface area (Å²) in [4.78, 5) is 12.4. The van der Waals surface area contributed by atoms with Crippen LogP contribution >= 0.6 is 0 Å². The third-order valence-corrected chi connectivity index (χ3v) is 8.89. The van der Waals surface area contributed by atoms with Gasteiger partial charge < -0.3 is 25.7 Å². The van der Waals surface area contributed by atoms with Gasteiger partial charge in [0.1, 0.15) is 12.2 Å². The molecule has 1 amide bonds. The van der Waals surface area contributed by atoms with Crippen LogP contribution in [0.3, 0.4) is 0 Å². The van der Waals surface area contributed by atoms with Gasteiger partial charge in [-0.25, -0.2) is 0 Å². The summed E-state index contributed by atoms with van der Waals surface area (Å²) in [7, 11) is 0. The molecule has 0 bridgehead atoms. The molecule has 0 saturated carbocycles. The maximum atomic E-state index is 12.4. The SMILES string of the molecule is CCCC/C=C/CC/C=C/CCCC(O)C(O)C(CO)NC(=O)C(O)CCCCCCCCCCCCCCCCCCCC. The van der Waals surface area contributed by atoms with Gasteiger partial charge in [0.05, 0.1) is 18.8 Å². The average molecular weight is 638 g/mol. The van der Waals surface area contributed by atoms with E-state index < -0.39 is 36.9 Å². The molecule has 0 heterocycles. The summed E-state index contributed by atoms with van der Waals surface area (Å²) in [6.07, 6.45) is 36.3. The van der Waals surface area contributed by atoms with Crippen LogP contribution in [0.15, 0.2) is 24.3 Å². The van der Waals surface area contributed by atoms with Gasteiger partial charge in [0, 0.05) is 0 Å². The molecular formula is C39H75NO5. The summed E-state index contributed by atoms with van der Waals surface area (Å²) in [5.74, 6) is -0.598. The highest BCUT2D eigenvalue weighted by atomic mass is 16.3. The molecule has 266 valence electrons. The predicted octanol–water partition coefficient (Wildman–Crippen LogP) is 9.23. The molecule has 0 aliphatic carbocycles. The van der Waals surface area contributed by atoms with Gasteiger partial charge in [-0.3, -0.25) is 4.79 Å². The Hall–Kier alpha value is -1.21. The normalized spacial score (nSPS) is 14.7. The number of aliphatic hydroxyl groups excluding tert-OH is 4. The first-order valence-electron chi connectivity index (χ1n) is 19.2.